The maximum Gasteiger partial charge on any atom is 0.0476 e. The Balaban J connectivity index is 1.02. The summed E-state index contributed by atoms with van der Waals surface area (Å²) >= 11 is 1.86. The second kappa shape index (κ2) is 12.7. The highest BCUT2D eigenvalue weighted by atomic mass is 32.1. The molecule has 0 fully saturated rings. The number of fused-ring (bicyclic) bond motifs is 5. The Morgan fingerprint density at radius 3 is 1.54 bits per heavy atom. The van der Waals surface area contributed by atoms with E-state index in [0.717, 1.165) is 17.1 Å². The third-order valence-electron chi connectivity index (χ3n) is 10.2. The number of hydrogen-bond donors (Lipinski definition) is 0. The molecule has 52 heavy (non-hydrogen) atoms. The van der Waals surface area contributed by atoms with Gasteiger partial charge in [-0.15, -0.1) is 11.3 Å². The van der Waals surface area contributed by atoms with Crippen LogP contribution in [0.4, 0.5) is 17.1 Å². The average molecular weight is 680 g/mol. The molecule has 0 saturated carbocycles. The Morgan fingerprint density at radius 1 is 0.269 bits per heavy atom. The molecule has 10 aromatic rings. The summed E-state index contributed by atoms with van der Waals surface area (Å²) in [5, 5.41) is 7.63. The Labute approximate surface area is 307 Å². The molecule has 1 aromatic heterocycles. The fourth-order valence-corrected chi connectivity index (χ4v) is 8.67. The van der Waals surface area contributed by atoms with Gasteiger partial charge in [-0.1, -0.05) is 140 Å². The molecule has 0 aliphatic rings. The number of hydrogen-bond acceptors (Lipinski definition) is 2. The highest BCUT2D eigenvalue weighted by Gasteiger charge is 2.16. The first-order valence-electron chi connectivity index (χ1n) is 17.7. The van der Waals surface area contributed by atoms with Gasteiger partial charge in [-0.2, -0.15) is 0 Å². The standard InChI is InChI=1S/C50H33NS/c1-2-9-34(10-3-1)38-13-8-14-45(32-38)51(46-27-28-48-47-15-6-7-16-49(47)52-50(48)33-46)44-25-23-36(24-26-44)39-19-20-42-31-43(22-21-41(42)30-39)40-18-17-35-11-4-5-12-37(35)29-40/h1-33H. The largest absolute Gasteiger partial charge is 0.310 e. The van der Waals surface area contributed by atoms with E-state index in [4.69, 9.17) is 0 Å². The van der Waals surface area contributed by atoms with Crippen molar-refractivity contribution in [2.24, 2.45) is 0 Å². The fourth-order valence-electron chi connectivity index (χ4n) is 7.53. The van der Waals surface area contributed by atoms with Crippen molar-refractivity contribution in [1.29, 1.82) is 0 Å². The fraction of sp³-hybridized carbons (Fsp3) is 0. The lowest BCUT2D eigenvalue weighted by Gasteiger charge is -2.26. The number of benzene rings is 9. The van der Waals surface area contributed by atoms with Crippen molar-refractivity contribution in [3.05, 3.63) is 200 Å². The molecule has 9 aromatic carbocycles. The van der Waals surface area contributed by atoms with Crippen LogP contribution in [0.2, 0.25) is 0 Å². The van der Waals surface area contributed by atoms with Crippen molar-refractivity contribution in [3.63, 3.8) is 0 Å². The molecule has 0 N–H and O–H groups in total. The molecule has 0 spiro atoms. The van der Waals surface area contributed by atoms with Crippen LogP contribution in [0.1, 0.15) is 0 Å². The van der Waals surface area contributed by atoms with E-state index in [-0.39, 0.29) is 0 Å². The van der Waals surface area contributed by atoms with Crippen LogP contribution in [0.25, 0.3) is 75.1 Å². The van der Waals surface area contributed by atoms with E-state index >= 15 is 0 Å². The normalized spacial score (nSPS) is 11.5. The van der Waals surface area contributed by atoms with Crippen molar-refractivity contribution < 1.29 is 0 Å². The number of rotatable bonds is 6. The third kappa shape index (κ3) is 5.51. The van der Waals surface area contributed by atoms with Gasteiger partial charge in [0.15, 0.2) is 0 Å². The van der Waals surface area contributed by atoms with Crippen LogP contribution in [-0.2, 0) is 0 Å². The van der Waals surface area contributed by atoms with Crippen LogP contribution < -0.4 is 4.90 Å². The van der Waals surface area contributed by atoms with Crippen LogP contribution >= 0.6 is 11.3 Å². The zero-order valence-electron chi connectivity index (χ0n) is 28.4. The lowest BCUT2D eigenvalue weighted by molar-refractivity contribution is 1.29. The van der Waals surface area contributed by atoms with Gasteiger partial charge < -0.3 is 4.90 Å². The first-order valence-corrected chi connectivity index (χ1v) is 18.6. The summed E-state index contributed by atoms with van der Waals surface area (Å²) in [7, 11) is 0. The summed E-state index contributed by atoms with van der Waals surface area (Å²) in [6.07, 6.45) is 0. The predicted molar refractivity (Wildman–Crippen MR) is 225 cm³/mol. The molecule has 0 amide bonds. The summed E-state index contributed by atoms with van der Waals surface area (Å²) in [5.41, 5.74) is 10.7. The van der Waals surface area contributed by atoms with E-state index in [2.05, 4.69) is 205 Å². The molecular formula is C50H33NS. The second-order valence-corrected chi connectivity index (χ2v) is 14.5. The maximum absolute atomic E-state index is 2.38. The first kappa shape index (κ1) is 30.4. The smallest absolute Gasteiger partial charge is 0.0476 e. The van der Waals surface area contributed by atoms with Gasteiger partial charge in [0.25, 0.3) is 0 Å². The van der Waals surface area contributed by atoms with E-state index in [9.17, 15) is 0 Å². The summed E-state index contributed by atoms with van der Waals surface area (Å²) in [6, 6.07) is 73.0. The van der Waals surface area contributed by atoms with Crippen LogP contribution in [0, 0.1) is 0 Å². The van der Waals surface area contributed by atoms with Gasteiger partial charge in [-0.05, 0) is 116 Å². The van der Waals surface area contributed by atoms with Crippen LogP contribution in [-0.4, -0.2) is 0 Å². The quantitative estimate of drug-likeness (QED) is 0.169. The van der Waals surface area contributed by atoms with Gasteiger partial charge in [-0.3, -0.25) is 0 Å². The van der Waals surface area contributed by atoms with Crippen molar-refractivity contribution in [2.45, 2.75) is 0 Å². The maximum atomic E-state index is 2.38. The highest BCUT2D eigenvalue weighted by Crippen LogP contribution is 2.42. The monoisotopic (exact) mass is 679 g/mol. The lowest BCUT2D eigenvalue weighted by Crippen LogP contribution is -2.09. The van der Waals surface area contributed by atoms with Gasteiger partial charge in [0.05, 0.1) is 0 Å². The molecule has 0 unspecified atom stereocenters. The minimum Gasteiger partial charge on any atom is -0.310 e. The summed E-state index contributed by atoms with van der Waals surface area (Å²) in [4.78, 5) is 2.38. The van der Waals surface area contributed by atoms with Gasteiger partial charge in [0.1, 0.15) is 0 Å². The van der Waals surface area contributed by atoms with E-state index < -0.39 is 0 Å². The van der Waals surface area contributed by atoms with Gasteiger partial charge in [0, 0.05) is 37.2 Å². The Morgan fingerprint density at radius 2 is 0.769 bits per heavy atom. The zero-order valence-corrected chi connectivity index (χ0v) is 29.2. The van der Waals surface area contributed by atoms with Crippen LogP contribution in [0.15, 0.2) is 200 Å². The molecule has 0 aliphatic carbocycles. The first-order chi connectivity index (χ1) is 25.7. The number of thiophene rings is 1. The second-order valence-electron chi connectivity index (χ2n) is 13.4. The van der Waals surface area contributed by atoms with Crippen molar-refractivity contribution in [3.8, 4) is 33.4 Å². The molecule has 0 saturated heterocycles. The lowest BCUT2D eigenvalue weighted by atomic mass is 9.96. The molecule has 0 radical (unpaired) electrons. The van der Waals surface area contributed by atoms with E-state index in [1.54, 1.807) is 0 Å². The molecule has 0 aliphatic heterocycles. The number of anilines is 3. The van der Waals surface area contributed by atoms with E-state index in [0.29, 0.717) is 0 Å². The topological polar surface area (TPSA) is 3.24 Å². The minimum atomic E-state index is 1.12. The minimum absolute atomic E-state index is 1.12. The zero-order chi connectivity index (χ0) is 34.4. The van der Waals surface area contributed by atoms with Crippen molar-refractivity contribution in [1.82, 2.24) is 0 Å². The summed E-state index contributed by atoms with van der Waals surface area (Å²) in [6.45, 7) is 0. The van der Waals surface area contributed by atoms with E-state index in [1.807, 2.05) is 11.3 Å². The summed E-state index contributed by atoms with van der Waals surface area (Å²) in [5.74, 6) is 0. The van der Waals surface area contributed by atoms with Crippen molar-refractivity contribution in [2.75, 3.05) is 4.90 Å². The highest BCUT2D eigenvalue weighted by molar-refractivity contribution is 7.25. The molecule has 1 nitrogen and oxygen atoms in total. The van der Waals surface area contributed by atoms with Gasteiger partial charge >= 0.3 is 0 Å². The predicted octanol–water partition coefficient (Wildman–Crippen LogP) is 14.8. The average Bonchev–Trinajstić information content (AvgIpc) is 3.59. The molecule has 244 valence electrons. The molecule has 0 atom stereocenters. The molecule has 10 rings (SSSR count). The Bertz CT molecular complexity index is 2900. The molecule has 2 heteroatoms. The van der Waals surface area contributed by atoms with E-state index in [1.165, 1.54) is 75.1 Å². The molecule has 1 heterocycles. The molecule has 0 bridgehead atoms. The Kier molecular flexibility index (Phi) is 7.41. The summed E-state index contributed by atoms with van der Waals surface area (Å²) < 4.78 is 2.61. The van der Waals surface area contributed by atoms with Gasteiger partial charge in [-0.25, -0.2) is 0 Å². The van der Waals surface area contributed by atoms with Crippen LogP contribution in [0.3, 0.4) is 0 Å². The third-order valence-corrected chi connectivity index (χ3v) is 11.3. The number of nitrogens with zero attached hydrogens (tertiary/aromatic N) is 1. The van der Waals surface area contributed by atoms with Gasteiger partial charge in [0.2, 0.25) is 0 Å². The Hall–Kier alpha value is -6.48. The van der Waals surface area contributed by atoms with Crippen LogP contribution in [0.5, 0.6) is 0 Å². The SMILES string of the molecule is c1ccc(-c2cccc(N(c3ccc(-c4ccc5cc(-c6ccc7ccccc7c6)ccc5c4)cc3)c3ccc4c(c3)sc3ccccc34)c2)cc1. The molecular weight excluding hydrogens is 647 g/mol. The van der Waals surface area contributed by atoms with Crippen molar-refractivity contribution >= 4 is 70.1 Å².